The molecule has 1 N–H and O–H groups in total. The third kappa shape index (κ3) is 4.31. The Bertz CT molecular complexity index is 839. The minimum atomic E-state index is -0.440. The van der Waals surface area contributed by atoms with Crippen molar-refractivity contribution in [2.45, 2.75) is 64.4 Å². The molecule has 0 aromatic heterocycles. The molecule has 1 amide bonds. The third-order valence-electron chi connectivity index (χ3n) is 5.97. The molecule has 2 atom stereocenters. The van der Waals surface area contributed by atoms with E-state index < -0.39 is 6.23 Å². The molecule has 5 nitrogen and oxygen atoms in total. The SMILES string of the molecule is CCC(Oc1cccc2c1CCC(=O)N2Cc1ccccc1)N1CCCCC1O. The molecule has 2 aromatic carbocycles. The number of nitrogens with zero attached hydrogens (tertiary/aromatic N) is 2. The van der Waals surface area contributed by atoms with Gasteiger partial charge in [-0.1, -0.05) is 43.3 Å². The fourth-order valence-corrected chi connectivity index (χ4v) is 4.41. The Kier molecular flexibility index (Phi) is 6.16. The van der Waals surface area contributed by atoms with Crippen LogP contribution in [-0.4, -0.2) is 34.9 Å². The van der Waals surface area contributed by atoms with Crippen molar-refractivity contribution in [3.8, 4) is 5.75 Å². The van der Waals surface area contributed by atoms with Crippen LogP contribution in [0, 0.1) is 0 Å². The third-order valence-corrected chi connectivity index (χ3v) is 5.97. The van der Waals surface area contributed by atoms with E-state index in [2.05, 4.69) is 11.8 Å². The summed E-state index contributed by atoms with van der Waals surface area (Å²) in [6.45, 7) is 3.51. The molecular weight excluding hydrogens is 364 g/mol. The molecule has 1 fully saturated rings. The monoisotopic (exact) mass is 394 g/mol. The number of carbonyl (C=O) groups excluding carboxylic acids is 1. The highest BCUT2D eigenvalue weighted by Crippen LogP contribution is 2.37. The topological polar surface area (TPSA) is 53.0 Å². The molecule has 2 unspecified atom stereocenters. The van der Waals surface area contributed by atoms with Crippen LogP contribution >= 0.6 is 0 Å². The van der Waals surface area contributed by atoms with Gasteiger partial charge in [0.05, 0.1) is 12.2 Å². The van der Waals surface area contributed by atoms with Crippen LogP contribution in [0.25, 0.3) is 0 Å². The number of piperidine rings is 1. The zero-order chi connectivity index (χ0) is 20.2. The Balaban J connectivity index is 1.59. The molecule has 2 aliphatic rings. The van der Waals surface area contributed by atoms with Gasteiger partial charge in [-0.05, 0) is 49.8 Å². The van der Waals surface area contributed by atoms with Gasteiger partial charge in [0, 0.05) is 18.5 Å². The highest BCUT2D eigenvalue weighted by Gasteiger charge is 2.30. The summed E-state index contributed by atoms with van der Waals surface area (Å²) < 4.78 is 6.43. The number of amides is 1. The average Bonchev–Trinajstić information content (AvgIpc) is 2.75. The highest BCUT2D eigenvalue weighted by molar-refractivity contribution is 5.96. The lowest BCUT2D eigenvalue weighted by atomic mass is 9.99. The Hall–Kier alpha value is -2.37. The fourth-order valence-electron chi connectivity index (χ4n) is 4.41. The van der Waals surface area contributed by atoms with E-state index in [1.54, 1.807) is 0 Å². The Morgan fingerprint density at radius 2 is 1.93 bits per heavy atom. The molecule has 0 aliphatic carbocycles. The van der Waals surface area contributed by atoms with Crippen LogP contribution < -0.4 is 9.64 Å². The number of hydrogen-bond donors (Lipinski definition) is 1. The molecule has 4 rings (SSSR count). The van der Waals surface area contributed by atoms with E-state index in [4.69, 9.17) is 4.74 Å². The second kappa shape index (κ2) is 8.97. The van der Waals surface area contributed by atoms with Crippen LogP contribution in [0.4, 0.5) is 5.69 Å². The lowest BCUT2D eigenvalue weighted by Gasteiger charge is -2.38. The molecule has 154 valence electrons. The van der Waals surface area contributed by atoms with Crippen molar-refractivity contribution in [2.75, 3.05) is 11.4 Å². The van der Waals surface area contributed by atoms with E-state index in [0.717, 1.165) is 54.8 Å². The van der Waals surface area contributed by atoms with Gasteiger partial charge in [-0.15, -0.1) is 0 Å². The largest absolute Gasteiger partial charge is 0.475 e. The van der Waals surface area contributed by atoms with Gasteiger partial charge in [-0.25, -0.2) is 4.90 Å². The van der Waals surface area contributed by atoms with Crippen LogP contribution in [0.2, 0.25) is 0 Å². The normalized spacial score (nSPS) is 21.0. The standard InChI is InChI=1S/C24H30N2O3/c1-2-24(25-16-7-6-13-22(25)27)29-21-12-8-11-20-19(21)14-15-23(28)26(20)17-18-9-4-3-5-10-18/h3-5,8-12,22,24,27H,2,6-7,13-17H2,1H3. The molecule has 29 heavy (non-hydrogen) atoms. The summed E-state index contributed by atoms with van der Waals surface area (Å²) in [5, 5.41) is 10.4. The van der Waals surface area contributed by atoms with Gasteiger partial charge >= 0.3 is 0 Å². The van der Waals surface area contributed by atoms with E-state index in [1.807, 2.05) is 53.4 Å². The molecule has 2 aliphatic heterocycles. The molecule has 0 radical (unpaired) electrons. The van der Waals surface area contributed by atoms with Crippen LogP contribution in [0.1, 0.15) is 50.2 Å². The smallest absolute Gasteiger partial charge is 0.227 e. The van der Waals surface area contributed by atoms with Gasteiger partial charge in [0.25, 0.3) is 0 Å². The van der Waals surface area contributed by atoms with Gasteiger partial charge in [0.1, 0.15) is 12.0 Å². The summed E-state index contributed by atoms with van der Waals surface area (Å²) in [5.41, 5.74) is 3.15. The molecular formula is C24H30N2O3. The van der Waals surface area contributed by atoms with Gasteiger partial charge in [0.15, 0.2) is 6.23 Å². The maximum Gasteiger partial charge on any atom is 0.227 e. The summed E-state index contributed by atoms with van der Waals surface area (Å²) in [6.07, 6.45) is 4.33. The fraction of sp³-hybridized carbons (Fsp3) is 0.458. The van der Waals surface area contributed by atoms with Gasteiger partial charge in [0.2, 0.25) is 5.91 Å². The summed E-state index contributed by atoms with van der Waals surface area (Å²) >= 11 is 0. The minimum absolute atomic E-state index is 0.150. The zero-order valence-electron chi connectivity index (χ0n) is 17.1. The first-order valence-electron chi connectivity index (χ1n) is 10.7. The Morgan fingerprint density at radius 1 is 1.10 bits per heavy atom. The first-order valence-corrected chi connectivity index (χ1v) is 10.7. The van der Waals surface area contributed by atoms with E-state index in [1.165, 1.54) is 0 Å². The number of carbonyl (C=O) groups is 1. The number of aliphatic hydroxyl groups excluding tert-OH is 1. The second-order valence-corrected chi connectivity index (χ2v) is 7.91. The molecule has 1 saturated heterocycles. The van der Waals surface area contributed by atoms with E-state index in [9.17, 15) is 9.90 Å². The summed E-state index contributed by atoms with van der Waals surface area (Å²) in [5.74, 6) is 0.981. The van der Waals surface area contributed by atoms with Crippen molar-refractivity contribution < 1.29 is 14.6 Å². The van der Waals surface area contributed by atoms with Crippen LogP contribution in [0.5, 0.6) is 5.75 Å². The number of likely N-dealkylation sites (tertiary alicyclic amines) is 1. The molecule has 2 aromatic rings. The van der Waals surface area contributed by atoms with Crippen molar-refractivity contribution in [1.82, 2.24) is 4.90 Å². The minimum Gasteiger partial charge on any atom is -0.475 e. The first kappa shape index (κ1) is 19.9. The summed E-state index contributed by atoms with van der Waals surface area (Å²) in [4.78, 5) is 16.6. The number of hydrogen-bond acceptors (Lipinski definition) is 4. The zero-order valence-corrected chi connectivity index (χ0v) is 17.1. The molecule has 0 bridgehead atoms. The lowest BCUT2D eigenvalue weighted by molar-refractivity contribution is -0.119. The number of anilines is 1. The maximum atomic E-state index is 12.7. The van der Waals surface area contributed by atoms with Crippen molar-refractivity contribution in [2.24, 2.45) is 0 Å². The van der Waals surface area contributed by atoms with Crippen molar-refractivity contribution in [1.29, 1.82) is 0 Å². The molecule has 0 saturated carbocycles. The van der Waals surface area contributed by atoms with Gasteiger partial charge < -0.3 is 14.7 Å². The van der Waals surface area contributed by atoms with Crippen LogP contribution in [-0.2, 0) is 17.8 Å². The number of rotatable bonds is 6. The van der Waals surface area contributed by atoms with Gasteiger partial charge in [-0.3, -0.25) is 4.79 Å². The Morgan fingerprint density at radius 3 is 2.69 bits per heavy atom. The first-order chi connectivity index (χ1) is 14.2. The van der Waals surface area contributed by atoms with Crippen molar-refractivity contribution in [3.63, 3.8) is 0 Å². The highest BCUT2D eigenvalue weighted by atomic mass is 16.5. The van der Waals surface area contributed by atoms with E-state index >= 15 is 0 Å². The second-order valence-electron chi connectivity index (χ2n) is 7.91. The predicted octanol–water partition coefficient (Wildman–Crippen LogP) is 4.09. The van der Waals surface area contributed by atoms with Crippen molar-refractivity contribution >= 4 is 11.6 Å². The number of ether oxygens (including phenoxy) is 1. The maximum absolute atomic E-state index is 12.7. The van der Waals surface area contributed by atoms with Crippen LogP contribution in [0.15, 0.2) is 48.5 Å². The molecule has 2 heterocycles. The lowest BCUT2D eigenvalue weighted by Crippen LogP contribution is -2.48. The number of aliphatic hydroxyl groups is 1. The van der Waals surface area contributed by atoms with E-state index in [-0.39, 0.29) is 12.1 Å². The Labute approximate surface area is 172 Å². The number of fused-ring (bicyclic) bond motifs is 1. The average molecular weight is 395 g/mol. The predicted molar refractivity (Wildman–Crippen MR) is 114 cm³/mol. The van der Waals surface area contributed by atoms with E-state index in [0.29, 0.717) is 19.4 Å². The van der Waals surface area contributed by atoms with Gasteiger partial charge in [-0.2, -0.15) is 0 Å². The molecule has 5 heteroatoms. The summed E-state index contributed by atoms with van der Waals surface area (Å²) in [6, 6.07) is 16.1. The quantitative estimate of drug-likeness (QED) is 0.802. The number of benzene rings is 2. The molecule has 0 spiro atoms. The summed E-state index contributed by atoms with van der Waals surface area (Å²) in [7, 11) is 0. The van der Waals surface area contributed by atoms with Crippen molar-refractivity contribution in [3.05, 3.63) is 59.7 Å². The van der Waals surface area contributed by atoms with Crippen LogP contribution in [0.3, 0.4) is 0 Å².